The van der Waals surface area contributed by atoms with Crippen molar-refractivity contribution in [3.05, 3.63) is 0 Å². The van der Waals surface area contributed by atoms with Gasteiger partial charge in [-0.15, -0.1) is 0 Å². The zero-order chi connectivity index (χ0) is 10.6. The monoisotopic (exact) mass is 206 g/mol. The molecular formula is C8H22N4O2. The van der Waals surface area contributed by atoms with Crippen molar-refractivity contribution >= 4 is 0 Å². The third-order valence-electron chi connectivity index (χ3n) is 1.60. The fourth-order valence-corrected chi connectivity index (χ4v) is 0.970. The van der Waals surface area contributed by atoms with Crippen LogP contribution in [0.3, 0.4) is 0 Å². The van der Waals surface area contributed by atoms with Crippen LogP contribution >= 0.6 is 0 Å². The van der Waals surface area contributed by atoms with Gasteiger partial charge in [-0.3, -0.25) is 4.84 Å². The Balaban J connectivity index is 3.30. The SMILES string of the molecule is NCCNCCON(CCN)CCO. The van der Waals surface area contributed by atoms with Gasteiger partial charge in [0.2, 0.25) is 0 Å². The van der Waals surface area contributed by atoms with E-state index >= 15 is 0 Å². The molecule has 86 valence electrons. The van der Waals surface area contributed by atoms with Gasteiger partial charge in [0.15, 0.2) is 0 Å². The first-order chi connectivity index (χ1) is 6.85. The Bertz CT molecular complexity index is 110. The molecule has 0 saturated heterocycles. The second-order valence-electron chi connectivity index (χ2n) is 2.81. The van der Waals surface area contributed by atoms with Gasteiger partial charge in [-0.05, 0) is 0 Å². The highest BCUT2D eigenvalue weighted by atomic mass is 16.7. The highest BCUT2D eigenvalue weighted by molar-refractivity contribution is 4.48. The van der Waals surface area contributed by atoms with Gasteiger partial charge in [0.25, 0.3) is 0 Å². The average molecular weight is 206 g/mol. The van der Waals surface area contributed by atoms with Crippen molar-refractivity contribution in [3.8, 4) is 0 Å². The normalized spacial score (nSPS) is 11.1. The average Bonchev–Trinajstić information content (AvgIpc) is 2.18. The van der Waals surface area contributed by atoms with Crippen LogP contribution < -0.4 is 16.8 Å². The molecular weight excluding hydrogens is 184 g/mol. The summed E-state index contributed by atoms with van der Waals surface area (Å²) in [5, 5.41) is 13.5. The van der Waals surface area contributed by atoms with Crippen LogP contribution in [0.2, 0.25) is 0 Å². The van der Waals surface area contributed by atoms with Crippen molar-refractivity contribution in [2.75, 3.05) is 52.5 Å². The molecule has 14 heavy (non-hydrogen) atoms. The fraction of sp³-hybridized carbons (Fsp3) is 1.00. The van der Waals surface area contributed by atoms with Gasteiger partial charge in [0.05, 0.1) is 13.2 Å². The number of nitrogens with two attached hydrogens (primary N) is 2. The predicted molar refractivity (Wildman–Crippen MR) is 55.6 cm³/mol. The van der Waals surface area contributed by atoms with Crippen LogP contribution in [0.25, 0.3) is 0 Å². The van der Waals surface area contributed by atoms with Crippen molar-refractivity contribution in [1.29, 1.82) is 0 Å². The third-order valence-corrected chi connectivity index (χ3v) is 1.60. The van der Waals surface area contributed by atoms with Crippen LogP contribution in [-0.2, 0) is 4.84 Å². The van der Waals surface area contributed by atoms with Gasteiger partial charge in [-0.25, -0.2) is 0 Å². The van der Waals surface area contributed by atoms with Crippen molar-refractivity contribution < 1.29 is 9.94 Å². The van der Waals surface area contributed by atoms with E-state index in [9.17, 15) is 0 Å². The molecule has 0 aliphatic rings. The summed E-state index contributed by atoms with van der Waals surface area (Å²) in [4.78, 5) is 5.36. The Morgan fingerprint density at radius 1 is 1.14 bits per heavy atom. The van der Waals surface area contributed by atoms with E-state index in [4.69, 9.17) is 21.4 Å². The number of rotatable bonds is 10. The first kappa shape index (κ1) is 13.8. The van der Waals surface area contributed by atoms with Crippen molar-refractivity contribution in [3.63, 3.8) is 0 Å². The van der Waals surface area contributed by atoms with Gasteiger partial charge in [0, 0.05) is 39.3 Å². The summed E-state index contributed by atoms with van der Waals surface area (Å²) in [6.07, 6.45) is 0. The van der Waals surface area contributed by atoms with Crippen LogP contribution in [0.1, 0.15) is 0 Å². The van der Waals surface area contributed by atoms with Crippen molar-refractivity contribution in [1.82, 2.24) is 10.4 Å². The Morgan fingerprint density at radius 2 is 1.93 bits per heavy atom. The molecule has 0 spiro atoms. The highest BCUT2D eigenvalue weighted by Gasteiger charge is 2.02. The highest BCUT2D eigenvalue weighted by Crippen LogP contribution is 1.87. The zero-order valence-corrected chi connectivity index (χ0v) is 8.61. The molecule has 6 heteroatoms. The van der Waals surface area contributed by atoms with E-state index in [0.717, 1.165) is 13.1 Å². The number of nitrogens with zero attached hydrogens (tertiary/aromatic N) is 1. The molecule has 0 aliphatic carbocycles. The Hall–Kier alpha value is -0.240. The smallest absolute Gasteiger partial charge is 0.0809 e. The summed E-state index contributed by atoms with van der Waals surface area (Å²) in [6.45, 7) is 4.48. The Labute approximate surface area is 85.1 Å². The largest absolute Gasteiger partial charge is 0.395 e. The summed E-state index contributed by atoms with van der Waals surface area (Å²) in [5.74, 6) is 0. The van der Waals surface area contributed by atoms with Crippen LogP contribution in [0.5, 0.6) is 0 Å². The van der Waals surface area contributed by atoms with Gasteiger partial charge >= 0.3 is 0 Å². The minimum Gasteiger partial charge on any atom is -0.395 e. The summed E-state index contributed by atoms with van der Waals surface area (Å²) >= 11 is 0. The summed E-state index contributed by atoms with van der Waals surface area (Å²) < 4.78 is 0. The molecule has 0 saturated carbocycles. The number of hydrogen-bond donors (Lipinski definition) is 4. The standard InChI is InChI=1S/C8H22N4O2/c9-1-3-11-4-8-14-12(5-2-10)6-7-13/h11,13H,1-10H2. The summed E-state index contributed by atoms with van der Waals surface area (Å²) in [6, 6.07) is 0. The topological polar surface area (TPSA) is 96.8 Å². The molecule has 0 amide bonds. The quantitative estimate of drug-likeness (QED) is 0.237. The van der Waals surface area contributed by atoms with Crippen LogP contribution in [-0.4, -0.2) is 62.7 Å². The van der Waals surface area contributed by atoms with E-state index in [2.05, 4.69) is 5.32 Å². The number of aliphatic hydroxyl groups is 1. The molecule has 0 fully saturated rings. The van der Waals surface area contributed by atoms with Crippen molar-refractivity contribution in [2.24, 2.45) is 11.5 Å². The lowest BCUT2D eigenvalue weighted by atomic mass is 10.5. The lowest BCUT2D eigenvalue weighted by molar-refractivity contribution is -0.160. The molecule has 0 rings (SSSR count). The van der Waals surface area contributed by atoms with E-state index in [1.165, 1.54) is 0 Å². The number of hydroxylamine groups is 2. The van der Waals surface area contributed by atoms with Gasteiger partial charge < -0.3 is 21.9 Å². The predicted octanol–water partition coefficient (Wildman–Crippen LogP) is -2.28. The molecule has 0 heterocycles. The molecule has 6 N–H and O–H groups in total. The molecule has 0 aromatic heterocycles. The maximum Gasteiger partial charge on any atom is 0.0809 e. The van der Waals surface area contributed by atoms with E-state index in [1.807, 2.05) is 0 Å². The minimum absolute atomic E-state index is 0.0796. The van der Waals surface area contributed by atoms with Crippen LogP contribution in [0, 0.1) is 0 Å². The minimum atomic E-state index is 0.0796. The molecule has 0 bridgehead atoms. The lowest BCUT2D eigenvalue weighted by Gasteiger charge is -2.19. The van der Waals surface area contributed by atoms with Gasteiger partial charge in [0.1, 0.15) is 0 Å². The number of nitrogens with one attached hydrogen (secondary N) is 1. The van der Waals surface area contributed by atoms with E-state index in [0.29, 0.717) is 32.8 Å². The fourth-order valence-electron chi connectivity index (χ4n) is 0.970. The third kappa shape index (κ3) is 8.36. The Morgan fingerprint density at radius 3 is 2.50 bits per heavy atom. The van der Waals surface area contributed by atoms with Crippen LogP contribution in [0.4, 0.5) is 0 Å². The lowest BCUT2D eigenvalue weighted by Crippen LogP contribution is -2.35. The Kier molecular flexibility index (Phi) is 10.7. The zero-order valence-electron chi connectivity index (χ0n) is 8.61. The molecule has 6 nitrogen and oxygen atoms in total. The maximum atomic E-state index is 8.71. The van der Waals surface area contributed by atoms with E-state index < -0.39 is 0 Å². The molecule has 0 radical (unpaired) electrons. The molecule has 0 aromatic rings. The summed E-state index contributed by atoms with van der Waals surface area (Å²) in [7, 11) is 0. The maximum absolute atomic E-state index is 8.71. The summed E-state index contributed by atoms with van der Waals surface area (Å²) in [5.41, 5.74) is 10.7. The first-order valence-corrected chi connectivity index (χ1v) is 4.94. The second kappa shape index (κ2) is 10.8. The number of hydrogen-bond acceptors (Lipinski definition) is 6. The van der Waals surface area contributed by atoms with Crippen molar-refractivity contribution in [2.45, 2.75) is 0 Å². The number of aliphatic hydroxyl groups excluding tert-OH is 1. The van der Waals surface area contributed by atoms with E-state index in [1.54, 1.807) is 5.06 Å². The second-order valence-corrected chi connectivity index (χ2v) is 2.81. The van der Waals surface area contributed by atoms with Gasteiger partial charge in [-0.1, -0.05) is 0 Å². The molecule has 0 atom stereocenters. The molecule has 0 unspecified atom stereocenters. The first-order valence-electron chi connectivity index (χ1n) is 4.94. The van der Waals surface area contributed by atoms with E-state index in [-0.39, 0.29) is 6.61 Å². The molecule has 0 aliphatic heterocycles. The molecule has 0 aromatic carbocycles. The van der Waals surface area contributed by atoms with Gasteiger partial charge in [-0.2, -0.15) is 5.06 Å². The van der Waals surface area contributed by atoms with Crippen LogP contribution in [0.15, 0.2) is 0 Å².